The van der Waals surface area contributed by atoms with Crippen LogP contribution >= 0.6 is 0 Å². The van der Waals surface area contributed by atoms with E-state index in [0.717, 1.165) is 6.92 Å². The lowest BCUT2D eigenvalue weighted by molar-refractivity contribution is -0.142. The normalized spacial score (nSPS) is 15.9. The minimum absolute atomic E-state index is 0.0788. The second-order valence-electron chi connectivity index (χ2n) is 8.91. The Balaban J connectivity index is 1.79. The summed E-state index contributed by atoms with van der Waals surface area (Å²) in [5.74, 6) is -1.81. The monoisotopic (exact) mass is 553 g/mol. The van der Waals surface area contributed by atoms with E-state index in [-0.39, 0.29) is 27.9 Å². The molecule has 1 aromatic carbocycles. The Morgan fingerprint density at radius 3 is 2.42 bits per heavy atom. The summed E-state index contributed by atoms with van der Waals surface area (Å²) in [6, 6.07) is 7.00. The van der Waals surface area contributed by atoms with Gasteiger partial charge in [0.25, 0.3) is 17.7 Å². The summed E-state index contributed by atoms with van der Waals surface area (Å²) in [7, 11) is -1.86. The molecule has 2 aromatic heterocycles. The molecule has 38 heavy (non-hydrogen) atoms. The van der Waals surface area contributed by atoms with Crippen LogP contribution in [0.4, 0.5) is 23.2 Å². The van der Waals surface area contributed by atoms with Crippen molar-refractivity contribution in [1.82, 2.24) is 15.2 Å². The fraction of sp³-hybridized carbons (Fsp3) is 0.333. The van der Waals surface area contributed by atoms with Crippen LogP contribution in [-0.2, 0) is 21.6 Å². The van der Waals surface area contributed by atoms with Crippen LogP contribution in [0, 0.1) is 18.6 Å². The van der Waals surface area contributed by atoms with Gasteiger partial charge in [0.15, 0.2) is 17.1 Å². The number of rotatable bonds is 7. The number of hydrogen-bond donors (Lipinski definition) is 2. The highest BCUT2D eigenvalue weighted by Crippen LogP contribution is 2.50. The Hall–Kier alpha value is -3.81. The highest BCUT2D eigenvalue weighted by molar-refractivity contribution is 7.91. The van der Waals surface area contributed by atoms with Crippen molar-refractivity contribution in [2.45, 2.75) is 43.4 Å². The molecular weight excluding hydrogens is 530 g/mol. The third kappa shape index (κ3) is 5.39. The van der Waals surface area contributed by atoms with Gasteiger partial charge >= 0.3 is 6.18 Å². The van der Waals surface area contributed by atoms with Crippen molar-refractivity contribution in [3.63, 3.8) is 0 Å². The van der Waals surface area contributed by atoms with Crippen LogP contribution in [0.2, 0.25) is 0 Å². The second-order valence-corrected chi connectivity index (χ2v) is 11.1. The van der Waals surface area contributed by atoms with Gasteiger partial charge in [0.2, 0.25) is 0 Å². The van der Waals surface area contributed by atoms with Gasteiger partial charge in [-0.15, -0.1) is 10.2 Å². The molecule has 0 spiro atoms. The molecule has 3 aromatic rings. The maximum Gasteiger partial charge on any atom is 0.435 e. The van der Waals surface area contributed by atoms with E-state index < -0.39 is 50.2 Å². The SMILES string of the molecule is COc1nc(C2(F)CC2)cc(C)c1Oc1nnc(C(F)(F)F)c(C)c1C(=O)Nc1cccc(S(C)(=N)=O)c1. The predicted molar refractivity (Wildman–Crippen MR) is 129 cm³/mol. The number of amides is 1. The van der Waals surface area contributed by atoms with Gasteiger partial charge in [-0.1, -0.05) is 6.07 Å². The fourth-order valence-electron chi connectivity index (χ4n) is 3.70. The number of nitrogens with zero attached hydrogens (tertiary/aromatic N) is 3. The molecule has 0 aliphatic heterocycles. The molecule has 1 aliphatic carbocycles. The van der Waals surface area contributed by atoms with Crippen molar-refractivity contribution in [1.29, 1.82) is 4.78 Å². The molecule has 1 unspecified atom stereocenters. The number of hydrogen-bond acceptors (Lipinski definition) is 8. The number of ether oxygens (including phenoxy) is 2. The van der Waals surface area contributed by atoms with E-state index in [9.17, 15) is 26.6 Å². The Kier molecular flexibility index (Phi) is 6.80. The third-order valence-electron chi connectivity index (χ3n) is 5.89. The van der Waals surface area contributed by atoms with Gasteiger partial charge in [-0.25, -0.2) is 18.4 Å². The standard InChI is InChI=1S/C24H23F4N5O4S/c1-12-10-16(23(25)8-9-23)31-22(36-3)18(12)37-21-17(13(2)19(32-33-21)24(26,27)28)20(34)30-14-6-5-7-15(11-14)38(4,29)35/h5-7,10-11,29H,8-9H2,1-4H3,(H,30,34). The Morgan fingerprint density at radius 1 is 1.16 bits per heavy atom. The predicted octanol–water partition coefficient (Wildman–Crippen LogP) is 5.55. The average molecular weight is 554 g/mol. The number of carbonyl (C=O) groups excluding carboxylic acids is 1. The van der Waals surface area contributed by atoms with Crippen LogP contribution in [0.3, 0.4) is 0 Å². The van der Waals surface area contributed by atoms with Crippen LogP contribution in [0.15, 0.2) is 35.2 Å². The van der Waals surface area contributed by atoms with E-state index in [4.69, 9.17) is 14.3 Å². The Morgan fingerprint density at radius 2 is 1.84 bits per heavy atom. The first-order valence-electron chi connectivity index (χ1n) is 11.2. The van der Waals surface area contributed by atoms with Crippen LogP contribution in [0.25, 0.3) is 0 Å². The summed E-state index contributed by atoms with van der Waals surface area (Å²) in [6.07, 6.45) is -3.13. The molecule has 2 heterocycles. The number of carbonyl (C=O) groups is 1. The number of alkyl halides is 4. The number of aromatic nitrogens is 3. The lowest BCUT2D eigenvalue weighted by atomic mass is 10.1. The van der Waals surface area contributed by atoms with Gasteiger partial charge in [-0.2, -0.15) is 13.2 Å². The average Bonchev–Trinajstić information content (AvgIpc) is 3.57. The van der Waals surface area contributed by atoms with Gasteiger partial charge in [-0.05, 0) is 62.1 Å². The number of nitrogens with one attached hydrogen (secondary N) is 2. The van der Waals surface area contributed by atoms with Gasteiger partial charge in [-0.3, -0.25) is 4.79 Å². The van der Waals surface area contributed by atoms with E-state index >= 15 is 0 Å². The van der Waals surface area contributed by atoms with Crippen LogP contribution in [-0.4, -0.2) is 38.7 Å². The molecule has 0 radical (unpaired) electrons. The molecule has 202 valence electrons. The van der Waals surface area contributed by atoms with Gasteiger partial charge in [0, 0.05) is 16.8 Å². The summed E-state index contributed by atoms with van der Waals surface area (Å²) in [5.41, 5.74) is -3.54. The zero-order valence-corrected chi connectivity index (χ0v) is 21.5. The van der Waals surface area contributed by atoms with Crippen LogP contribution in [0.1, 0.15) is 45.7 Å². The van der Waals surface area contributed by atoms with Crippen molar-refractivity contribution in [2.75, 3.05) is 18.7 Å². The summed E-state index contributed by atoms with van der Waals surface area (Å²) in [5, 5.41) is 9.20. The number of anilines is 1. The molecule has 4 rings (SSSR count). The maximum absolute atomic E-state index is 14.6. The number of methoxy groups -OCH3 is 1. The van der Waals surface area contributed by atoms with E-state index in [1.54, 1.807) is 6.92 Å². The van der Waals surface area contributed by atoms with Crippen molar-refractivity contribution in [3.05, 3.63) is 58.4 Å². The molecular formula is C24H23F4N5O4S. The first-order valence-corrected chi connectivity index (χ1v) is 13.1. The minimum Gasteiger partial charge on any atom is -0.478 e. The topological polar surface area (TPSA) is 127 Å². The molecule has 14 heteroatoms. The molecule has 9 nitrogen and oxygen atoms in total. The number of aryl methyl sites for hydroxylation is 1. The summed E-state index contributed by atoms with van der Waals surface area (Å²) in [6.45, 7) is 2.61. The quantitative estimate of drug-likeness (QED) is 0.367. The summed E-state index contributed by atoms with van der Waals surface area (Å²) < 4.78 is 86.3. The smallest absolute Gasteiger partial charge is 0.435 e. The van der Waals surface area contributed by atoms with Crippen LogP contribution < -0.4 is 14.8 Å². The highest BCUT2D eigenvalue weighted by atomic mass is 32.2. The van der Waals surface area contributed by atoms with Crippen molar-refractivity contribution in [3.8, 4) is 17.5 Å². The largest absolute Gasteiger partial charge is 0.478 e. The minimum atomic E-state index is -4.92. The van der Waals surface area contributed by atoms with E-state index in [2.05, 4.69) is 20.5 Å². The maximum atomic E-state index is 14.6. The zero-order chi connectivity index (χ0) is 28.0. The molecule has 1 atom stereocenters. The van der Waals surface area contributed by atoms with Crippen molar-refractivity contribution < 1.29 is 36.0 Å². The number of pyridine rings is 1. The fourth-order valence-corrected chi connectivity index (χ4v) is 4.39. The molecule has 1 fully saturated rings. The zero-order valence-electron chi connectivity index (χ0n) is 20.7. The van der Waals surface area contributed by atoms with Gasteiger partial charge in [0.1, 0.15) is 5.56 Å². The van der Waals surface area contributed by atoms with Crippen LogP contribution in [0.5, 0.6) is 17.5 Å². The highest BCUT2D eigenvalue weighted by Gasteiger charge is 2.47. The lowest BCUT2D eigenvalue weighted by Gasteiger charge is -2.18. The number of benzene rings is 1. The Labute approximate surface area is 215 Å². The lowest BCUT2D eigenvalue weighted by Crippen LogP contribution is -2.21. The van der Waals surface area contributed by atoms with E-state index in [0.29, 0.717) is 18.4 Å². The molecule has 1 saturated carbocycles. The third-order valence-corrected chi connectivity index (χ3v) is 7.04. The summed E-state index contributed by atoms with van der Waals surface area (Å²) in [4.78, 5) is 17.5. The number of halogens is 4. The molecule has 0 bridgehead atoms. The van der Waals surface area contributed by atoms with Gasteiger partial charge in [0.05, 0.1) is 22.5 Å². The molecule has 1 amide bonds. The first kappa shape index (κ1) is 27.2. The molecule has 0 saturated heterocycles. The molecule has 1 aliphatic rings. The van der Waals surface area contributed by atoms with Crippen molar-refractivity contribution in [2.24, 2.45) is 0 Å². The van der Waals surface area contributed by atoms with E-state index in [1.165, 1.54) is 43.7 Å². The Bertz CT molecular complexity index is 1540. The first-order chi connectivity index (χ1) is 17.6. The van der Waals surface area contributed by atoms with Crippen molar-refractivity contribution >= 4 is 21.3 Å². The summed E-state index contributed by atoms with van der Waals surface area (Å²) >= 11 is 0. The second kappa shape index (κ2) is 9.49. The molecule has 2 N–H and O–H groups in total. The van der Waals surface area contributed by atoms with E-state index in [1.807, 2.05) is 0 Å². The van der Waals surface area contributed by atoms with Gasteiger partial charge < -0.3 is 14.8 Å².